The number of carbonyl (C=O) groups is 3. The number of hydrogen-bond donors (Lipinski definition) is 3. The Labute approximate surface area is 109 Å². The Balaban J connectivity index is 2.29. The number of rotatable bonds is 6. The molecule has 1 atom stereocenters. The average Bonchev–Trinajstić information content (AvgIpc) is 2.39. The first-order chi connectivity index (χ1) is 9.00. The van der Waals surface area contributed by atoms with Gasteiger partial charge in [0.15, 0.2) is 6.73 Å². The fourth-order valence-corrected chi connectivity index (χ4v) is 1.20. The monoisotopic (exact) mass is 266 g/mol. The number of hydrogen-bond acceptors (Lipinski definition) is 5. The molecule has 0 aliphatic heterocycles. The number of amides is 1. The second-order valence-electron chi connectivity index (χ2n) is 3.68. The highest BCUT2D eigenvalue weighted by Gasteiger charge is 2.17. The number of carboxylic acids is 1. The van der Waals surface area contributed by atoms with Gasteiger partial charge in [0.25, 0.3) is 5.91 Å². The number of carboxylic acid groups (broad SMARTS) is 1. The molecule has 0 aliphatic carbocycles. The largest absolute Gasteiger partial charge is 0.480 e. The molecule has 0 spiro atoms. The van der Waals surface area contributed by atoms with E-state index >= 15 is 0 Å². The summed E-state index contributed by atoms with van der Waals surface area (Å²) in [4.78, 5) is 33.1. The van der Waals surface area contributed by atoms with Gasteiger partial charge in [0.1, 0.15) is 6.04 Å². The van der Waals surface area contributed by atoms with E-state index in [9.17, 15) is 14.4 Å². The quantitative estimate of drug-likeness (QED) is 0.481. The Morgan fingerprint density at radius 2 is 1.89 bits per heavy atom. The van der Waals surface area contributed by atoms with Crippen LogP contribution >= 0.6 is 0 Å². The molecule has 4 N–H and O–H groups in total. The summed E-state index contributed by atoms with van der Waals surface area (Å²) in [6.45, 7) is -0.334. The summed E-state index contributed by atoms with van der Waals surface area (Å²) in [7, 11) is 0. The highest BCUT2D eigenvalue weighted by Crippen LogP contribution is 1.98. The first-order valence-electron chi connectivity index (χ1n) is 5.48. The van der Waals surface area contributed by atoms with Gasteiger partial charge in [-0.15, -0.1) is 0 Å². The van der Waals surface area contributed by atoms with E-state index in [1.165, 1.54) is 0 Å². The van der Waals surface area contributed by atoms with Crippen LogP contribution in [0.4, 0.5) is 0 Å². The minimum atomic E-state index is -1.31. The normalized spacial score (nSPS) is 11.4. The molecule has 0 saturated heterocycles. The summed E-state index contributed by atoms with van der Waals surface area (Å²) in [5.41, 5.74) is 5.58. The highest BCUT2D eigenvalue weighted by molar-refractivity contribution is 5.94. The van der Waals surface area contributed by atoms with Crippen LogP contribution in [0.5, 0.6) is 0 Å². The molecular weight excluding hydrogens is 252 g/mol. The van der Waals surface area contributed by atoms with Crippen molar-refractivity contribution in [2.75, 3.05) is 6.73 Å². The second kappa shape index (κ2) is 7.12. The van der Waals surface area contributed by atoms with E-state index in [2.05, 4.69) is 10.1 Å². The molecule has 1 amide bonds. The summed E-state index contributed by atoms with van der Waals surface area (Å²) >= 11 is 0. The Morgan fingerprint density at radius 3 is 2.47 bits per heavy atom. The van der Waals surface area contributed by atoms with Gasteiger partial charge in [-0.2, -0.15) is 0 Å². The third kappa shape index (κ3) is 5.17. The van der Waals surface area contributed by atoms with Crippen molar-refractivity contribution in [2.24, 2.45) is 5.73 Å². The van der Waals surface area contributed by atoms with Gasteiger partial charge < -0.3 is 20.9 Å². The van der Waals surface area contributed by atoms with Crippen LogP contribution in [0.1, 0.15) is 16.8 Å². The molecule has 0 fully saturated rings. The molecule has 0 saturated carbocycles. The standard InChI is InChI=1S/C12H14N2O5/c13-9(12(17)18)6-10(15)19-7-14-11(16)8-4-2-1-3-5-8/h1-5,9H,6-7,13H2,(H,14,16)(H,17,18)/t9-/m0/s1. The maximum Gasteiger partial charge on any atom is 0.321 e. The van der Waals surface area contributed by atoms with E-state index in [4.69, 9.17) is 10.8 Å². The van der Waals surface area contributed by atoms with E-state index in [1.54, 1.807) is 30.3 Å². The number of esters is 1. The second-order valence-corrected chi connectivity index (χ2v) is 3.68. The van der Waals surface area contributed by atoms with E-state index < -0.39 is 30.3 Å². The number of nitrogens with one attached hydrogen (secondary N) is 1. The van der Waals surface area contributed by atoms with Crippen LogP contribution < -0.4 is 11.1 Å². The molecule has 7 heteroatoms. The summed E-state index contributed by atoms with van der Waals surface area (Å²) in [6.07, 6.45) is -0.448. The van der Waals surface area contributed by atoms with Crippen molar-refractivity contribution < 1.29 is 24.2 Å². The molecule has 0 unspecified atom stereocenters. The molecule has 1 aromatic carbocycles. The molecule has 19 heavy (non-hydrogen) atoms. The molecule has 7 nitrogen and oxygen atoms in total. The van der Waals surface area contributed by atoms with Crippen LogP contribution in [-0.4, -0.2) is 35.7 Å². The maximum atomic E-state index is 11.5. The van der Waals surface area contributed by atoms with Gasteiger partial charge in [-0.1, -0.05) is 18.2 Å². The van der Waals surface area contributed by atoms with E-state index in [0.29, 0.717) is 5.56 Å². The zero-order valence-corrected chi connectivity index (χ0v) is 10.0. The lowest BCUT2D eigenvalue weighted by atomic mass is 10.2. The highest BCUT2D eigenvalue weighted by atomic mass is 16.5. The Kier molecular flexibility index (Phi) is 5.49. The van der Waals surface area contributed by atoms with Crippen molar-refractivity contribution in [1.82, 2.24) is 5.32 Å². The minimum absolute atomic E-state index is 0.334. The van der Waals surface area contributed by atoms with Crippen molar-refractivity contribution in [3.63, 3.8) is 0 Å². The number of aliphatic carboxylic acids is 1. The van der Waals surface area contributed by atoms with Gasteiger partial charge in [-0.3, -0.25) is 14.4 Å². The Morgan fingerprint density at radius 1 is 1.26 bits per heavy atom. The first-order valence-corrected chi connectivity index (χ1v) is 5.48. The molecule has 0 aromatic heterocycles. The molecule has 1 aromatic rings. The van der Waals surface area contributed by atoms with E-state index in [-0.39, 0.29) is 6.73 Å². The van der Waals surface area contributed by atoms with Crippen molar-refractivity contribution in [3.8, 4) is 0 Å². The van der Waals surface area contributed by atoms with Crippen molar-refractivity contribution in [3.05, 3.63) is 35.9 Å². The smallest absolute Gasteiger partial charge is 0.321 e. The zero-order valence-electron chi connectivity index (χ0n) is 10.0. The predicted octanol–water partition coefficient (Wildman–Crippen LogP) is -0.281. The van der Waals surface area contributed by atoms with Crippen LogP contribution in [0.25, 0.3) is 0 Å². The number of nitrogens with two attached hydrogens (primary N) is 1. The van der Waals surface area contributed by atoms with Gasteiger partial charge >= 0.3 is 11.9 Å². The van der Waals surface area contributed by atoms with Gasteiger partial charge in [-0.25, -0.2) is 0 Å². The fraction of sp³-hybridized carbons (Fsp3) is 0.250. The Hall–Kier alpha value is -2.41. The number of ether oxygens (including phenoxy) is 1. The van der Waals surface area contributed by atoms with E-state index in [0.717, 1.165) is 0 Å². The van der Waals surface area contributed by atoms with Gasteiger partial charge in [0.05, 0.1) is 6.42 Å². The summed E-state index contributed by atoms with van der Waals surface area (Å²) in [6, 6.07) is 7.08. The van der Waals surface area contributed by atoms with Gasteiger partial charge in [0.2, 0.25) is 0 Å². The molecule has 0 bridgehead atoms. The third-order valence-corrected chi connectivity index (χ3v) is 2.21. The van der Waals surface area contributed by atoms with E-state index in [1.807, 2.05) is 0 Å². The molecule has 0 heterocycles. The number of carbonyl (C=O) groups excluding carboxylic acids is 2. The average molecular weight is 266 g/mol. The number of benzene rings is 1. The molecule has 0 radical (unpaired) electrons. The maximum absolute atomic E-state index is 11.5. The first kappa shape index (κ1) is 14.7. The van der Waals surface area contributed by atoms with Gasteiger partial charge in [-0.05, 0) is 12.1 Å². The van der Waals surface area contributed by atoms with Crippen LogP contribution in [0.15, 0.2) is 30.3 Å². The minimum Gasteiger partial charge on any atom is -0.480 e. The lowest BCUT2D eigenvalue weighted by molar-refractivity contribution is -0.149. The molecular formula is C12H14N2O5. The summed E-state index contributed by atoms with van der Waals surface area (Å²) in [5.74, 6) is -2.47. The third-order valence-electron chi connectivity index (χ3n) is 2.21. The molecule has 1 rings (SSSR count). The van der Waals surface area contributed by atoms with Crippen LogP contribution in [-0.2, 0) is 14.3 Å². The predicted molar refractivity (Wildman–Crippen MR) is 65.1 cm³/mol. The lowest BCUT2D eigenvalue weighted by Crippen LogP contribution is -2.34. The van der Waals surface area contributed by atoms with Crippen LogP contribution in [0.2, 0.25) is 0 Å². The molecule has 102 valence electrons. The SMILES string of the molecule is N[C@@H](CC(=O)OCNC(=O)c1ccccc1)C(=O)O. The Bertz CT molecular complexity index is 460. The van der Waals surface area contributed by atoms with Gasteiger partial charge in [0, 0.05) is 5.56 Å². The molecule has 0 aliphatic rings. The topological polar surface area (TPSA) is 119 Å². The van der Waals surface area contributed by atoms with Crippen molar-refractivity contribution >= 4 is 17.8 Å². The van der Waals surface area contributed by atoms with Crippen LogP contribution in [0, 0.1) is 0 Å². The van der Waals surface area contributed by atoms with Crippen molar-refractivity contribution in [2.45, 2.75) is 12.5 Å². The van der Waals surface area contributed by atoms with Crippen molar-refractivity contribution in [1.29, 1.82) is 0 Å². The summed E-state index contributed by atoms with van der Waals surface area (Å²) < 4.78 is 4.64. The van der Waals surface area contributed by atoms with Crippen LogP contribution in [0.3, 0.4) is 0 Å². The lowest BCUT2D eigenvalue weighted by Gasteiger charge is -2.08. The zero-order chi connectivity index (χ0) is 14.3. The fourth-order valence-electron chi connectivity index (χ4n) is 1.20. The summed E-state index contributed by atoms with van der Waals surface area (Å²) in [5, 5.41) is 10.9.